The molecule has 3 heterocycles. The number of amides is 1. The van der Waals surface area contributed by atoms with Gasteiger partial charge in [-0.15, -0.1) is 0 Å². The summed E-state index contributed by atoms with van der Waals surface area (Å²) in [5, 5.41) is 3.74. The second-order valence-corrected chi connectivity index (χ2v) is 6.71. The number of carbonyl (C=O) groups excluding carboxylic acids is 1. The first-order chi connectivity index (χ1) is 11.7. The van der Waals surface area contributed by atoms with E-state index in [4.69, 9.17) is 4.74 Å². The van der Waals surface area contributed by atoms with Crippen molar-refractivity contribution in [2.24, 2.45) is 0 Å². The number of rotatable bonds is 5. The molecule has 1 unspecified atom stereocenters. The summed E-state index contributed by atoms with van der Waals surface area (Å²) in [5.41, 5.74) is 1.28. The zero-order valence-corrected chi connectivity index (χ0v) is 14.5. The molecule has 24 heavy (non-hydrogen) atoms. The Balaban J connectivity index is 1.38. The highest BCUT2D eigenvalue weighted by Gasteiger charge is 2.29. The molecule has 0 bridgehead atoms. The summed E-state index contributed by atoms with van der Waals surface area (Å²) in [5.74, 6) is 0. The molecule has 1 aromatic heterocycles. The Morgan fingerprint density at radius 1 is 1.29 bits per heavy atom. The van der Waals surface area contributed by atoms with Crippen LogP contribution in [0, 0.1) is 0 Å². The van der Waals surface area contributed by atoms with Crippen LogP contribution in [0.25, 0.3) is 0 Å². The number of ether oxygens (including phenoxy) is 1. The average molecular weight is 332 g/mol. The molecule has 0 spiro atoms. The Labute approximate surface area is 144 Å². The van der Waals surface area contributed by atoms with Crippen LogP contribution in [-0.4, -0.2) is 65.7 Å². The lowest BCUT2D eigenvalue weighted by Gasteiger charge is -2.33. The van der Waals surface area contributed by atoms with E-state index in [-0.39, 0.29) is 6.09 Å². The van der Waals surface area contributed by atoms with E-state index >= 15 is 0 Å². The maximum Gasteiger partial charge on any atom is 0.409 e. The average Bonchev–Trinajstić information content (AvgIpc) is 3.06. The first-order valence-corrected chi connectivity index (χ1v) is 9.03. The maximum atomic E-state index is 11.8. The standard InChI is InChI=1S/C18H28N4O2/c1-2-24-18(23)22-11-7-17(14-22)20-16-5-9-21(10-6-16)13-15-4-3-8-19-12-15/h3-4,8,12,16-17,20H,2,5-7,9-11,13-14H2,1H3. The summed E-state index contributed by atoms with van der Waals surface area (Å²) in [4.78, 5) is 20.3. The highest BCUT2D eigenvalue weighted by molar-refractivity contribution is 5.68. The molecule has 1 aromatic rings. The van der Waals surface area contributed by atoms with Crippen molar-refractivity contribution in [3.8, 4) is 0 Å². The fraction of sp³-hybridized carbons (Fsp3) is 0.667. The van der Waals surface area contributed by atoms with Gasteiger partial charge in [0.15, 0.2) is 0 Å². The maximum absolute atomic E-state index is 11.8. The number of nitrogens with one attached hydrogen (secondary N) is 1. The molecule has 2 aliphatic heterocycles. The molecule has 1 atom stereocenters. The molecule has 2 aliphatic rings. The summed E-state index contributed by atoms with van der Waals surface area (Å²) in [6, 6.07) is 5.10. The van der Waals surface area contributed by atoms with Crippen molar-refractivity contribution in [3.63, 3.8) is 0 Å². The van der Waals surface area contributed by atoms with E-state index in [1.165, 1.54) is 5.56 Å². The first-order valence-electron chi connectivity index (χ1n) is 9.03. The van der Waals surface area contributed by atoms with Crippen LogP contribution in [0.1, 0.15) is 31.7 Å². The van der Waals surface area contributed by atoms with E-state index in [2.05, 4.69) is 21.3 Å². The molecule has 132 valence electrons. The minimum atomic E-state index is -0.173. The molecule has 2 saturated heterocycles. The van der Waals surface area contributed by atoms with Crippen LogP contribution in [0.5, 0.6) is 0 Å². The Morgan fingerprint density at radius 2 is 2.08 bits per heavy atom. The van der Waals surface area contributed by atoms with Crippen LogP contribution in [0.15, 0.2) is 24.5 Å². The van der Waals surface area contributed by atoms with Gasteiger partial charge in [0, 0.05) is 44.1 Å². The Hall–Kier alpha value is -1.66. The van der Waals surface area contributed by atoms with Gasteiger partial charge in [0.25, 0.3) is 0 Å². The van der Waals surface area contributed by atoms with Crippen LogP contribution < -0.4 is 5.32 Å². The summed E-state index contributed by atoms with van der Waals surface area (Å²) in [6.07, 6.45) is 6.95. The van der Waals surface area contributed by atoms with Crippen molar-refractivity contribution in [2.75, 3.05) is 32.8 Å². The molecule has 1 amide bonds. The van der Waals surface area contributed by atoms with Gasteiger partial charge in [0.2, 0.25) is 0 Å². The predicted molar refractivity (Wildman–Crippen MR) is 92.7 cm³/mol. The van der Waals surface area contributed by atoms with Gasteiger partial charge in [-0.3, -0.25) is 9.88 Å². The summed E-state index contributed by atoms with van der Waals surface area (Å²) in [7, 11) is 0. The van der Waals surface area contributed by atoms with Crippen molar-refractivity contribution in [1.29, 1.82) is 0 Å². The molecular formula is C18H28N4O2. The number of likely N-dealkylation sites (tertiary alicyclic amines) is 2. The van der Waals surface area contributed by atoms with Crippen molar-refractivity contribution in [3.05, 3.63) is 30.1 Å². The predicted octanol–water partition coefficient (Wildman–Crippen LogP) is 1.87. The summed E-state index contributed by atoms with van der Waals surface area (Å²) >= 11 is 0. The minimum Gasteiger partial charge on any atom is -0.450 e. The Kier molecular flexibility index (Phi) is 6.04. The number of hydrogen-bond acceptors (Lipinski definition) is 5. The van der Waals surface area contributed by atoms with Gasteiger partial charge in [-0.25, -0.2) is 4.79 Å². The third kappa shape index (κ3) is 4.68. The lowest BCUT2D eigenvalue weighted by molar-refractivity contribution is 0.114. The van der Waals surface area contributed by atoms with Gasteiger partial charge < -0.3 is 15.0 Å². The van der Waals surface area contributed by atoms with Gasteiger partial charge in [0.05, 0.1) is 6.61 Å². The SMILES string of the molecule is CCOC(=O)N1CCC(NC2CCN(Cc3cccnc3)CC2)C1. The molecule has 6 nitrogen and oxygen atoms in total. The summed E-state index contributed by atoms with van der Waals surface area (Å²) < 4.78 is 5.08. The van der Waals surface area contributed by atoms with E-state index < -0.39 is 0 Å². The largest absolute Gasteiger partial charge is 0.450 e. The highest BCUT2D eigenvalue weighted by Crippen LogP contribution is 2.17. The normalized spacial score (nSPS) is 22.7. The molecule has 2 fully saturated rings. The number of nitrogens with zero attached hydrogens (tertiary/aromatic N) is 3. The third-order valence-corrected chi connectivity index (χ3v) is 4.90. The van der Waals surface area contributed by atoms with Crippen molar-refractivity contribution in [1.82, 2.24) is 20.1 Å². The van der Waals surface area contributed by atoms with Gasteiger partial charge in [0.1, 0.15) is 0 Å². The van der Waals surface area contributed by atoms with Crippen molar-refractivity contribution >= 4 is 6.09 Å². The van der Waals surface area contributed by atoms with Crippen molar-refractivity contribution in [2.45, 2.75) is 44.8 Å². The molecule has 3 rings (SSSR count). The first kappa shape index (κ1) is 17.2. The van der Waals surface area contributed by atoms with Crippen LogP contribution >= 0.6 is 0 Å². The summed E-state index contributed by atoms with van der Waals surface area (Å²) in [6.45, 7) is 7.08. The molecule has 6 heteroatoms. The van der Waals surface area contributed by atoms with Gasteiger partial charge >= 0.3 is 6.09 Å². The topological polar surface area (TPSA) is 57.7 Å². The fourth-order valence-electron chi connectivity index (χ4n) is 3.62. The Bertz CT molecular complexity index is 517. The zero-order valence-electron chi connectivity index (χ0n) is 14.5. The molecule has 1 N–H and O–H groups in total. The number of aromatic nitrogens is 1. The van der Waals surface area contributed by atoms with Gasteiger partial charge in [-0.1, -0.05) is 6.07 Å². The quantitative estimate of drug-likeness (QED) is 0.892. The molecular weight excluding hydrogens is 304 g/mol. The molecule has 0 saturated carbocycles. The molecule has 0 radical (unpaired) electrons. The highest BCUT2D eigenvalue weighted by atomic mass is 16.6. The van der Waals surface area contributed by atoms with Crippen LogP contribution in [0.4, 0.5) is 4.79 Å². The lowest BCUT2D eigenvalue weighted by Crippen LogP contribution is -2.47. The van der Waals surface area contributed by atoms with Gasteiger partial charge in [-0.2, -0.15) is 0 Å². The van der Waals surface area contributed by atoms with E-state index in [9.17, 15) is 4.79 Å². The second kappa shape index (κ2) is 8.44. The number of pyridine rings is 1. The van der Waals surface area contributed by atoms with Crippen LogP contribution in [0.2, 0.25) is 0 Å². The zero-order chi connectivity index (χ0) is 16.8. The van der Waals surface area contributed by atoms with E-state index in [1.807, 2.05) is 30.3 Å². The molecule has 0 aliphatic carbocycles. The van der Waals surface area contributed by atoms with Crippen LogP contribution in [-0.2, 0) is 11.3 Å². The second-order valence-electron chi connectivity index (χ2n) is 6.71. The fourth-order valence-corrected chi connectivity index (χ4v) is 3.62. The lowest BCUT2D eigenvalue weighted by atomic mass is 10.0. The smallest absolute Gasteiger partial charge is 0.409 e. The Morgan fingerprint density at radius 3 is 2.79 bits per heavy atom. The third-order valence-electron chi connectivity index (χ3n) is 4.90. The molecule has 0 aromatic carbocycles. The van der Waals surface area contributed by atoms with Crippen molar-refractivity contribution < 1.29 is 9.53 Å². The van der Waals surface area contributed by atoms with Gasteiger partial charge in [-0.05, 0) is 50.9 Å². The monoisotopic (exact) mass is 332 g/mol. The van der Waals surface area contributed by atoms with E-state index in [0.29, 0.717) is 18.7 Å². The van der Waals surface area contributed by atoms with E-state index in [1.54, 1.807) is 0 Å². The number of carbonyl (C=O) groups is 1. The number of hydrogen-bond donors (Lipinski definition) is 1. The number of piperidine rings is 1. The van der Waals surface area contributed by atoms with Crippen LogP contribution in [0.3, 0.4) is 0 Å². The minimum absolute atomic E-state index is 0.173. The van der Waals surface area contributed by atoms with E-state index in [0.717, 1.165) is 52.0 Å².